The SMILES string of the molecule is O=C(CC(c1ccccc1)c1ccc(Cl)cc1)N1CCC(CO)CC1. The molecule has 132 valence electrons. The van der Waals surface area contributed by atoms with E-state index in [2.05, 4.69) is 12.1 Å². The van der Waals surface area contributed by atoms with Crippen molar-refractivity contribution in [1.82, 2.24) is 4.90 Å². The Labute approximate surface area is 154 Å². The van der Waals surface area contributed by atoms with E-state index in [1.807, 2.05) is 47.4 Å². The van der Waals surface area contributed by atoms with Gasteiger partial charge in [-0.05, 0) is 42.0 Å². The molecule has 0 aromatic heterocycles. The summed E-state index contributed by atoms with van der Waals surface area (Å²) in [6.45, 7) is 1.71. The molecule has 1 aliphatic heterocycles. The fraction of sp³-hybridized carbons (Fsp3) is 0.381. The molecule has 3 nitrogen and oxygen atoms in total. The average Bonchev–Trinajstić information content (AvgIpc) is 2.67. The standard InChI is InChI=1S/C21H24ClNO2/c22-19-8-6-18(7-9-19)20(17-4-2-1-3-5-17)14-21(25)23-12-10-16(15-24)11-13-23/h1-9,16,20,24H,10-15H2. The van der Waals surface area contributed by atoms with E-state index in [9.17, 15) is 9.90 Å². The third kappa shape index (κ3) is 4.62. The molecular formula is C21H24ClNO2. The van der Waals surface area contributed by atoms with Crippen molar-refractivity contribution >= 4 is 17.5 Å². The van der Waals surface area contributed by atoms with Gasteiger partial charge in [0.05, 0.1) is 0 Å². The minimum atomic E-state index is 0.0292. The number of hydrogen-bond donors (Lipinski definition) is 1. The van der Waals surface area contributed by atoms with Gasteiger partial charge in [-0.3, -0.25) is 4.79 Å². The highest BCUT2D eigenvalue weighted by atomic mass is 35.5. The number of hydrogen-bond acceptors (Lipinski definition) is 2. The molecule has 1 atom stereocenters. The molecular weight excluding hydrogens is 334 g/mol. The second-order valence-corrected chi connectivity index (χ2v) is 7.16. The van der Waals surface area contributed by atoms with Gasteiger partial charge in [-0.15, -0.1) is 0 Å². The molecule has 1 amide bonds. The van der Waals surface area contributed by atoms with Gasteiger partial charge in [0.15, 0.2) is 0 Å². The average molecular weight is 358 g/mol. The number of piperidine rings is 1. The van der Waals surface area contributed by atoms with Gasteiger partial charge in [-0.1, -0.05) is 54.1 Å². The zero-order valence-electron chi connectivity index (χ0n) is 14.3. The van der Waals surface area contributed by atoms with E-state index in [0.717, 1.165) is 37.1 Å². The number of carbonyl (C=O) groups is 1. The summed E-state index contributed by atoms with van der Waals surface area (Å²) in [5.41, 5.74) is 2.25. The zero-order chi connectivity index (χ0) is 17.6. The van der Waals surface area contributed by atoms with Crippen LogP contribution in [0.3, 0.4) is 0 Å². The van der Waals surface area contributed by atoms with Crippen molar-refractivity contribution < 1.29 is 9.90 Å². The highest BCUT2D eigenvalue weighted by Gasteiger charge is 2.25. The van der Waals surface area contributed by atoms with Gasteiger partial charge in [-0.25, -0.2) is 0 Å². The van der Waals surface area contributed by atoms with Crippen LogP contribution in [0.2, 0.25) is 5.02 Å². The van der Waals surface area contributed by atoms with E-state index < -0.39 is 0 Å². The third-order valence-electron chi connectivity index (χ3n) is 5.08. The topological polar surface area (TPSA) is 40.5 Å². The Bertz CT molecular complexity index is 679. The first-order valence-electron chi connectivity index (χ1n) is 8.86. The van der Waals surface area contributed by atoms with E-state index in [4.69, 9.17) is 11.6 Å². The van der Waals surface area contributed by atoms with E-state index in [1.165, 1.54) is 0 Å². The van der Waals surface area contributed by atoms with Crippen molar-refractivity contribution in [2.45, 2.75) is 25.2 Å². The van der Waals surface area contributed by atoms with Crippen LogP contribution in [0.15, 0.2) is 54.6 Å². The van der Waals surface area contributed by atoms with Gasteiger partial charge in [0.1, 0.15) is 0 Å². The fourth-order valence-corrected chi connectivity index (χ4v) is 3.60. The van der Waals surface area contributed by atoms with Crippen molar-refractivity contribution in [3.05, 3.63) is 70.7 Å². The maximum atomic E-state index is 12.9. The first-order chi connectivity index (χ1) is 12.2. The molecule has 1 heterocycles. The van der Waals surface area contributed by atoms with Gasteiger partial charge < -0.3 is 10.0 Å². The van der Waals surface area contributed by atoms with Crippen LogP contribution < -0.4 is 0 Å². The van der Waals surface area contributed by atoms with Crippen LogP contribution in [0.4, 0.5) is 0 Å². The highest BCUT2D eigenvalue weighted by molar-refractivity contribution is 6.30. The minimum Gasteiger partial charge on any atom is -0.396 e. The summed E-state index contributed by atoms with van der Waals surface area (Å²) in [5, 5.41) is 9.97. The first-order valence-corrected chi connectivity index (χ1v) is 9.24. The lowest BCUT2D eigenvalue weighted by Gasteiger charge is -2.32. The van der Waals surface area contributed by atoms with Gasteiger partial charge in [0, 0.05) is 37.1 Å². The summed E-state index contributed by atoms with van der Waals surface area (Å²) in [6.07, 6.45) is 2.23. The number of carbonyl (C=O) groups excluding carboxylic acids is 1. The fourth-order valence-electron chi connectivity index (χ4n) is 3.48. The predicted octanol–water partition coefficient (Wildman–Crippen LogP) is 4.09. The minimum absolute atomic E-state index is 0.0292. The lowest BCUT2D eigenvalue weighted by molar-refractivity contribution is -0.133. The number of likely N-dealkylation sites (tertiary alicyclic amines) is 1. The monoisotopic (exact) mass is 357 g/mol. The Kier molecular flexibility index (Phi) is 6.11. The van der Waals surface area contributed by atoms with E-state index >= 15 is 0 Å². The van der Waals surface area contributed by atoms with Crippen LogP contribution in [-0.4, -0.2) is 35.6 Å². The van der Waals surface area contributed by atoms with Gasteiger partial charge >= 0.3 is 0 Å². The number of rotatable bonds is 5. The molecule has 3 rings (SSSR count). The normalized spacial score (nSPS) is 16.6. The molecule has 0 spiro atoms. The van der Waals surface area contributed by atoms with Crippen molar-refractivity contribution in [3.63, 3.8) is 0 Å². The molecule has 2 aromatic rings. The lowest BCUT2D eigenvalue weighted by atomic mass is 9.87. The second kappa shape index (κ2) is 8.50. The molecule has 4 heteroatoms. The zero-order valence-corrected chi connectivity index (χ0v) is 15.0. The summed E-state index contributed by atoms with van der Waals surface area (Å²) in [7, 11) is 0. The molecule has 25 heavy (non-hydrogen) atoms. The molecule has 0 radical (unpaired) electrons. The van der Waals surface area contributed by atoms with Crippen molar-refractivity contribution in [1.29, 1.82) is 0 Å². The molecule has 1 fully saturated rings. The smallest absolute Gasteiger partial charge is 0.223 e. The Balaban J connectivity index is 1.76. The van der Waals surface area contributed by atoms with Crippen molar-refractivity contribution in [3.8, 4) is 0 Å². The number of amides is 1. The summed E-state index contributed by atoms with van der Waals surface area (Å²) >= 11 is 6.02. The van der Waals surface area contributed by atoms with Crippen LogP contribution in [0.5, 0.6) is 0 Å². The van der Waals surface area contributed by atoms with E-state index in [-0.39, 0.29) is 18.4 Å². The maximum absolute atomic E-state index is 12.9. The third-order valence-corrected chi connectivity index (χ3v) is 5.33. The van der Waals surface area contributed by atoms with Gasteiger partial charge in [0.25, 0.3) is 0 Å². The molecule has 1 aliphatic rings. The first kappa shape index (κ1) is 18.0. The van der Waals surface area contributed by atoms with Crippen molar-refractivity contribution in [2.75, 3.05) is 19.7 Å². The van der Waals surface area contributed by atoms with Crippen LogP contribution in [0, 0.1) is 5.92 Å². The summed E-state index contributed by atoms with van der Waals surface area (Å²) in [5.74, 6) is 0.548. The molecule has 1 N–H and O–H groups in total. The molecule has 0 saturated carbocycles. The Morgan fingerprint density at radius 2 is 1.64 bits per heavy atom. The lowest BCUT2D eigenvalue weighted by Crippen LogP contribution is -2.39. The Hall–Kier alpha value is -1.84. The van der Waals surface area contributed by atoms with E-state index in [1.54, 1.807) is 0 Å². The summed E-state index contributed by atoms with van der Waals surface area (Å²) < 4.78 is 0. The quantitative estimate of drug-likeness (QED) is 0.875. The summed E-state index contributed by atoms with van der Waals surface area (Å²) in [6, 6.07) is 17.9. The maximum Gasteiger partial charge on any atom is 0.223 e. The van der Waals surface area contributed by atoms with Crippen LogP contribution >= 0.6 is 11.6 Å². The molecule has 1 saturated heterocycles. The Morgan fingerprint density at radius 1 is 1.04 bits per heavy atom. The van der Waals surface area contributed by atoms with Crippen LogP contribution in [0.1, 0.15) is 36.3 Å². The number of halogens is 1. The van der Waals surface area contributed by atoms with E-state index in [0.29, 0.717) is 17.4 Å². The number of aliphatic hydroxyl groups excluding tert-OH is 1. The number of benzene rings is 2. The van der Waals surface area contributed by atoms with Gasteiger partial charge in [-0.2, -0.15) is 0 Å². The summed E-state index contributed by atoms with van der Waals surface area (Å²) in [4.78, 5) is 14.8. The molecule has 2 aromatic carbocycles. The Morgan fingerprint density at radius 3 is 2.24 bits per heavy atom. The molecule has 0 aliphatic carbocycles. The van der Waals surface area contributed by atoms with Crippen LogP contribution in [0.25, 0.3) is 0 Å². The second-order valence-electron chi connectivity index (χ2n) is 6.73. The van der Waals surface area contributed by atoms with Crippen LogP contribution in [-0.2, 0) is 4.79 Å². The van der Waals surface area contributed by atoms with Crippen molar-refractivity contribution in [2.24, 2.45) is 5.92 Å². The molecule has 0 bridgehead atoms. The molecule has 1 unspecified atom stereocenters. The predicted molar refractivity (Wildman–Crippen MR) is 101 cm³/mol. The largest absolute Gasteiger partial charge is 0.396 e. The van der Waals surface area contributed by atoms with Gasteiger partial charge in [0.2, 0.25) is 5.91 Å². The number of aliphatic hydroxyl groups is 1. The number of nitrogens with zero attached hydrogens (tertiary/aromatic N) is 1. The highest BCUT2D eigenvalue weighted by Crippen LogP contribution is 2.30.